The standard InChI is InChI=1S/C21H18N4O4/c1-14-18(29-21(26)27-2)12-25-19(14)20(22-13-23-25)24-15-8-10-17(11-9-15)28-16-6-4-3-5-7-16/h3-13H,1-2H3,(H,22,23,24). The topological polar surface area (TPSA) is 87.0 Å². The summed E-state index contributed by atoms with van der Waals surface area (Å²) in [6, 6.07) is 17.1. The molecule has 2 aromatic carbocycles. The van der Waals surface area contributed by atoms with Gasteiger partial charge in [-0.1, -0.05) is 18.2 Å². The highest BCUT2D eigenvalue weighted by Crippen LogP contribution is 2.30. The molecule has 0 saturated heterocycles. The first-order chi connectivity index (χ1) is 14.1. The summed E-state index contributed by atoms with van der Waals surface area (Å²) < 4.78 is 17.1. The van der Waals surface area contributed by atoms with E-state index < -0.39 is 6.16 Å². The molecule has 0 unspecified atom stereocenters. The van der Waals surface area contributed by atoms with Gasteiger partial charge in [-0.25, -0.2) is 14.3 Å². The number of nitrogens with zero attached hydrogens (tertiary/aromatic N) is 3. The molecular formula is C21H18N4O4. The van der Waals surface area contributed by atoms with Crippen LogP contribution in [0.4, 0.5) is 16.3 Å². The molecule has 0 atom stereocenters. The Labute approximate surface area is 166 Å². The number of nitrogens with one attached hydrogen (secondary N) is 1. The van der Waals surface area contributed by atoms with Gasteiger partial charge < -0.3 is 19.5 Å². The first kappa shape index (κ1) is 18.3. The van der Waals surface area contributed by atoms with E-state index in [1.807, 2.05) is 61.5 Å². The van der Waals surface area contributed by atoms with Crippen LogP contribution in [0.25, 0.3) is 5.52 Å². The lowest BCUT2D eigenvalue weighted by molar-refractivity contribution is 0.121. The molecule has 0 amide bonds. The van der Waals surface area contributed by atoms with Gasteiger partial charge in [-0.3, -0.25) is 0 Å². The number of carbonyl (C=O) groups is 1. The number of para-hydroxylation sites is 1. The monoisotopic (exact) mass is 390 g/mol. The van der Waals surface area contributed by atoms with Crippen LogP contribution in [0.3, 0.4) is 0 Å². The van der Waals surface area contributed by atoms with Gasteiger partial charge in [0.1, 0.15) is 23.3 Å². The Hall–Kier alpha value is -4.07. The van der Waals surface area contributed by atoms with Gasteiger partial charge in [-0.2, -0.15) is 5.10 Å². The van der Waals surface area contributed by atoms with Gasteiger partial charge >= 0.3 is 6.16 Å². The van der Waals surface area contributed by atoms with E-state index in [1.165, 1.54) is 13.4 Å². The largest absolute Gasteiger partial charge is 0.513 e. The van der Waals surface area contributed by atoms with Gasteiger partial charge in [-0.05, 0) is 43.3 Å². The summed E-state index contributed by atoms with van der Waals surface area (Å²) in [6.45, 7) is 1.82. The molecule has 0 bridgehead atoms. The van der Waals surface area contributed by atoms with Crippen molar-refractivity contribution in [3.05, 3.63) is 72.7 Å². The Morgan fingerprint density at radius 3 is 2.48 bits per heavy atom. The lowest BCUT2D eigenvalue weighted by Crippen LogP contribution is -2.07. The van der Waals surface area contributed by atoms with Crippen LogP contribution < -0.4 is 14.8 Å². The van der Waals surface area contributed by atoms with E-state index in [0.29, 0.717) is 22.6 Å². The van der Waals surface area contributed by atoms with E-state index in [-0.39, 0.29) is 0 Å². The van der Waals surface area contributed by atoms with Crippen molar-refractivity contribution in [2.45, 2.75) is 6.92 Å². The van der Waals surface area contributed by atoms with Gasteiger partial charge in [0.15, 0.2) is 11.6 Å². The van der Waals surface area contributed by atoms with E-state index in [2.05, 4.69) is 20.1 Å². The molecule has 1 N–H and O–H groups in total. The number of carbonyl (C=O) groups excluding carboxylic acids is 1. The number of aromatic nitrogens is 3. The Morgan fingerprint density at radius 1 is 1.03 bits per heavy atom. The molecule has 0 aliphatic heterocycles. The lowest BCUT2D eigenvalue weighted by Gasteiger charge is -2.09. The van der Waals surface area contributed by atoms with Crippen LogP contribution in [0.15, 0.2) is 67.1 Å². The second kappa shape index (κ2) is 7.89. The minimum absolute atomic E-state index is 0.354. The van der Waals surface area contributed by atoms with Crippen molar-refractivity contribution in [1.29, 1.82) is 0 Å². The molecule has 4 rings (SSSR count). The van der Waals surface area contributed by atoms with Crippen LogP contribution in [-0.4, -0.2) is 27.9 Å². The van der Waals surface area contributed by atoms with Crippen molar-refractivity contribution in [3.63, 3.8) is 0 Å². The third kappa shape index (κ3) is 3.96. The molecular weight excluding hydrogens is 372 g/mol. The van der Waals surface area contributed by atoms with Gasteiger partial charge in [0.05, 0.1) is 13.3 Å². The smallest absolute Gasteiger partial charge is 0.457 e. The second-order valence-corrected chi connectivity index (χ2v) is 6.14. The summed E-state index contributed by atoms with van der Waals surface area (Å²) in [6.07, 6.45) is 2.23. The lowest BCUT2D eigenvalue weighted by atomic mass is 10.2. The van der Waals surface area contributed by atoms with Crippen molar-refractivity contribution < 1.29 is 19.0 Å². The van der Waals surface area contributed by atoms with E-state index >= 15 is 0 Å². The average Bonchev–Trinajstić information content (AvgIpc) is 3.06. The summed E-state index contributed by atoms with van der Waals surface area (Å²) >= 11 is 0. The highest BCUT2D eigenvalue weighted by atomic mass is 16.7. The molecule has 0 saturated carbocycles. The zero-order chi connectivity index (χ0) is 20.2. The number of methoxy groups -OCH3 is 1. The van der Waals surface area contributed by atoms with Crippen molar-refractivity contribution in [3.8, 4) is 17.2 Å². The second-order valence-electron chi connectivity index (χ2n) is 6.14. The number of hydrogen-bond acceptors (Lipinski definition) is 7. The van der Waals surface area contributed by atoms with Crippen molar-refractivity contribution in [2.24, 2.45) is 0 Å². The minimum atomic E-state index is -0.791. The maximum absolute atomic E-state index is 11.4. The van der Waals surface area contributed by atoms with E-state index in [1.54, 1.807) is 10.7 Å². The van der Waals surface area contributed by atoms with Crippen LogP contribution >= 0.6 is 0 Å². The van der Waals surface area contributed by atoms with Gasteiger partial charge in [-0.15, -0.1) is 0 Å². The first-order valence-electron chi connectivity index (χ1n) is 8.83. The van der Waals surface area contributed by atoms with Gasteiger partial charge in [0, 0.05) is 11.3 Å². The Kier molecular flexibility index (Phi) is 4.98. The van der Waals surface area contributed by atoms with Crippen LogP contribution in [-0.2, 0) is 4.74 Å². The summed E-state index contributed by atoms with van der Waals surface area (Å²) in [5.74, 6) is 2.43. The minimum Gasteiger partial charge on any atom is -0.457 e. The van der Waals surface area contributed by atoms with Crippen LogP contribution in [0.1, 0.15) is 5.56 Å². The molecule has 2 heterocycles. The van der Waals surface area contributed by atoms with Crippen molar-refractivity contribution >= 4 is 23.2 Å². The molecule has 0 aliphatic carbocycles. The molecule has 0 fully saturated rings. The molecule has 8 heteroatoms. The quantitative estimate of drug-likeness (QED) is 0.493. The zero-order valence-corrected chi connectivity index (χ0v) is 15.8. The number of hydrogen-bond donors (Lipinski definition) is 1. The van der Waals surface area contributed by atoms with E-state index in [9.17, 15) is 4.79 Å². The number of aryl methyl sites for hydroxylation is 1. The number of anilines is 2. The van der Waals surface area contributed by atoms with E-state index in [4.69, 9.17) is 9.47 Å². The predicted molar refractivity (Wildman–Crippen MR) is 107 cm³/mol. The fourth-order valence-electron chi connectivity index (χ4n) is 2.83. The SMILES string of the molecule is COC(=O)Oc1cn2ncnc(Nc3ccc(Oc4ccccc4)cc3)c2c1C. The summed E-state index contributed by atoms with van der Waals surface area (Å²) in [5.41, 5.74) is 2.22. The molecule has 0 radical (unpaired) electrons. The van der Waals surface area contributed by atoms with Crippen LogP contribution in [0, 0.1) is 6.92 Å². The fraction of sp³-hybridized carbons (Fsp3) is 0.0952. The average molecular weight is 390 g/mol. The number of benzene rings is 2. The molecule has 0 spiro atoms. The molecule has 4 aromatic rings. The molecule has 29 heavy (non-hydrogen) atoms. The molecule has 8 nitrogen and oxygen atoms in total. The third-order valence-corrected chi connectivity index (χ3v) is 4.24. The summed E-state index contributed by atoms with van der Waals surface area (Å²) in [7, 11) is 1.26. The summed E-state index contributed by atoms with van der Waals surface area (Å²) in [4.78, 5) is 15.8. The fourth-order valence-corrected chi connectivity index (χ4v) is 2.83. The van der Waals surface area contributed by atoms with E-state index in [0.717, 1.165) is 17.2 Å². The van der Waals surface area contributed by atoms with Crippen molar-refractivity contribution in [1.82, 2.24) is 14.6 Å². The Morgan fingerprint density at radius 2 is 1.76 bits per heavy atom. The zero-order valence-electron chi connectivity index (χ0n) is 15.8. The third-order valence-electron chi connectivity index (χ3n) is 4.24. The Bertz CT molecular complexity index is 1140. The Balaban J connectivity index is 1.56. The highest BCUT2D eigenvalue weighted by Gasteiger charge is 2.16. The molecule has 146 valence electrons. The van der Waals surface area contributed by atoms with Gasteiger partial charge in [0.2, 0.25) is 0 Å². The number of fused-ring (bicyclic) bond motifs is 1. The molecule has 0 aliphatic rings. The van der Waals surface area contributed by atoms with Crippen LogP contribution in [0.2, 0.25) is 0 Å². The first-order valence-corrected chi connectivity index (χ1v) is 8.83. The van der Waals surface area contributed by atoms with Crippen LogP contribution in [0.5, 0.6) is 17.2 Å². The predicted octanol–water partition coefficient (Wildman–Crippen LogP) is 4.72. The maximum atomic E-state index is 11.4. The van der Waals surface area contributed by atoms with Crippen molar-refractivity contribution in [2.75, 3.05) is 12.4 Å². The number of rotatable bonds is 5. The normalized spacial score (nSPS) is 10.6. The highest BCUT2D eigenvalue weighted by molar-refractivity contribution is 5.79. The summed E-state index contributed by atoms with van der Waals surface area (Å²) in [5, 5.41) is 7.43. The maximum Gasteiger partial charge on any atom is 0.513 e. The number of ether oxygens (including phenoxy) is 3. The van der Waals surface area contributed by atoms with Gasteiger partial charge in [0.25, 0.3) is 0 Å². The molecule has 2 aromatic heterocycles.